The van der Waals surface area contributed by atoms with Gasteiger partial charge in [-0.3, -0.25) is 4.79 Å². The van der Waals surface area contributed by atoms with E-state index in [1.54, 1.807) is 25.2 Å². The summed E-state index contributed by atoms with van der Waals surface area (Å²) >= 11 is 1.57. The van der Waals surface area contributed by atoms with Crippen molar-refractivity contribution in [2.24, 2.45) is 0 Å². The first-order chi connectivity index (χ1) is 9.01. The summed E-state index contributed by atoms with van der Waals surface area (Å²) in [6, 6.07) is 0. The highest BCUT2D eigenvalue weighted by atomic mass is 32.1. The molecule has 0 aromatic carbocycles. The Morgan fingerprint density at radius 1 is 1.26 bits per heavy atom. The smallest absolute Gasteiger partial charge is 0.315 e. The summed E-state index contributed by atoms with van der Waals surface area (Å²) in [5.41, 5.74) is -0.237. The zero-order valence-corrected chi connectivity index (χ0v) is 12.5. The molecule has 1 aromatic rings. The lowest BCUT2D eigenvalue weighted by molar-refractivity contribution is -0.142. The number of carbonyl (C=O) groups is 1. The minimum Gasteiger partial charge on any atom is -0.481 e. The molecular weight excluding hydrogens is 260 g/mol. The van der Waals surface area contributed by atoms with Crippen LogP contribution in [0.1, 0.15) is 51.6 Å². The average molecular weight is 282 g/mol. The molecule has 1 saturated heterocycles. The highest BCUT2D eigenvalue weighted by molar-refractivity contribution is 7.13. The number of hydrogen-bond donors (Lipinski definition) is 1. The zero-order chi connectivity index (χ0) is 13.9. The standard InChI is InChI=1S/C14H22N2O2S/c1-14(2,12(17)18)11-10-19-13(15-11)16-8-6-4-3-5-7-9-16/h10H,3-9H2,1-2H3,(H,17,18). The molecule has 2 rings (SSSR count). The Balaban J connectivity index is 2.13. The zero-order valence-electron chi connectivity index (χ0n) is 11.7. The summed E-state index contributed by atoms with van der Waals surface area (Å²) in [6.07, 6.45) is 6.32. The molecule has 1 N–H and O–H groups in total. The monoisotopic (exact) mass is 282 g/mol. The van der Waals surface area contributed by atoms with Crippen molar-refractivity contribution in [2.75, 3.05) is 18.0 Å². The molecule has 1 fully saturated rings. The number of nitrogens with zero attached hydrogens (tertiary/aromatic N) is 2. The van der Waals surface area contributed by atoms with Crippen LogP contribution in [0.15, 0.2) is 5.38 Å². The molecule has 0 saturated carbocycles. The quantitative estimate of drug-likeness (QED) is 0.924. The minimum atomic E-state index is -0.905. The first-order valence-electron chi connectivity index (χ1n) is 6.96. The topological polar surface area (TPSA) is 53.4 Å². The Morgan fingerprint density at radius 3 is 2.42 bits per heavy atom. The van der Waals surface area contributed by atoms with Crippen molar-refractivity contribution in [1.82, 2.24) is 4.98 Å². The number of thiazole rings is 1. The molecular formula is C14H22N2O2S. The predicted octanol–water partition coefficient (Wildman–Crippen LogP) is 3.28. The van der Waals surface area contributed by atoms with Crippen molar-refractivity contribution in [3.8, 4) is 0 Å². The van der Waals surface area contributed by atoms with Crippen molar-refractivity contribution >= 4 is 22.4 Å². The lowest BCUT2D eigenvalue weighted by Gasteiger charge is -2.24. The van der Waals surface area contributed by atoms with Crippen LogP contribution < -0.4 is 4.90 Å². The van der Waals surface area contributed by atoms with E-state index in [2.05, 4.69) is 9.88 Å². The van der Waals surface area contributed by atoms with Crippen molar-refractivity contribution < 1.29 is 9.90 Å². The van der Waals surface area contributed by atoms with Crippen LogP contribution in [0.5, 0.6) is 0 Å². The molecule has 0 bridgehead atoms. The van der Waals surface area contributed by atoms with Gasteiger partial charge >= 0.3 is 5.97 Å². The van der Waals surface area contributed by atoms with Gasteiger partial charge in [0, 0.05) is 18.5 Å². The van der Waals surface area contributed by atoms with Gasteiger partial charge in [0.25, 0.3) is 0 Å². The van der Waals surface area contributed by atoms with Gasteiger partial charge in [0.2, 0.25) is 0 Å². The fourth-order valence-electron chi connectivity index (χ4n) is 2.24. The van der Waals surface area contributed by atoms with Gasteiger partial charge in [0.15, 0.2) is 5.13 Å². The minimum absolute atomic E-state index is 0.669. The van der Waals surface area contributed by atoms with Gasteiger partial charge in [0.1, 0.15) is 5.41 Å². The van der Waals surface area contributed by atoms with Crippen LogP contribution in [0.3, 0.4) is 0 Å². The maximum atomic E-state index is 11.3. The van der Waals surface area contributed by atoms with E-state index in [4.69, 9.17) is 0 Å². The fraction of sp³-hybridized carbons (Fsp3) is 0.714. The molecule has 1 aliphatic heterocycles. The van der Waals surface area contributed by atoms with E-state index in [0.717, 1.165) is 18.2 Å². The molecule has 0 radical (unpaired) electrons. The van der Waals surface area contributed by atoms with Crippen molar-refractivity contribution in [3.63, 3.8) is 0 Å². The van der Waals surface area contributed by atoms with Crippen LogP contribution in [0.4, 0.5) is 5.13 Å². The van der Waals surface area contributed by atoms with Gasteiger partial charge in [-0.2, -0.15) is 0 Å². The lowest BCUT2D eigenvalue weighted by Crippen LogP contribution is -2.30. The number of aliphatic carboxylic acids is 1. The second-order valence-electron chi connectivity index (χ2n) is 5.70. The maximum Gasteiger partial charge on any atom is 0.315 e. The normalized spacial score (nSPS) is 17.9. The molecule has 1 aromatic heterocycles. The van der Waals surface area contributed by atoms with E-state index in [1.807, 2.05) is 5.38 Å². The molecule has 0 atom stereocenters. The van der Waals surface area contributed by atoms with Gasteiger partial charge in [-0.1, -0.05) is 19.3 Å². The highest BCUT2D eigenvalue weighted by Gasteiger charge is 2.32. The van der Waals surface area contributed by atoms with E-state index >= 15 is 0 Å². The van der Waals surface area contributed by atoms with Gasteiger partial charge in [-0.05, 0) is 26.7 Å². The van der Waals surface area contributed by atoms with E-state index in [9.17, 15) is 9.90 Å². The highest BCUT2D eigenvalue weighted by Crippen LogP contribution is 2.30. The summed E-state index contributed by atoms with van der Waals surface area (Å²) in [5, 5.41) is 12.1. The van der Waals surface area contributed by atoms with Crippen LogP contribution in [-0.2, 0) is 10.2 Å². The van der Waals surface area contributed by atoms with Crippen LogP contribution in [0.25, 0.3) is 0 Å². The molecule has 0 unspecified atom stereocenters. The van der Waals surface area contributed by atoms with E-state index in [1.165, 1.54) is 32.1 Å². The molecule has 1 aliphatic rings. The molecule has 0 aliphatic carbocycles. The fourth-order valence-corrected chi connectivity index (χ4v) is 3.29. The van der Waals surface area contributed by atoms with Crippen LogP contribution in [0, 0.1) is 0 Å². The number of anilines is 1. The second-order valence-corrected chi connectivity index (χ2v) is 6.54. The number of hydrogen-bond acceptors (Lipinski definition) is 4. The molecule has 106 valence electrons. The Bertz CT molecular complexity index is 434. The average Bonchev–Trinajstić information content (AvgIpc) is 2.78. The first kappa shape index (κ1) is 14.3. The summed E-state index contributed by atoms with van der Waals surface area (Å²) in [4.78, 5) is 18.1. The Morgan fingerprint density at radius 2 is 1.84 bits per heavy atom. The van der Waals surface area contributed by atoms with E-state index in [0.29, 0.717) is 5.69 Å². The van der Waals surface area contributed by atoms with Gasteiger partial charge in [-0.25, -0.2) is 4.98 Å². The van der Waals surface area contributed by atoms with E-state index in [-0.39, 0.29) is 0 Å². The van der Waals surface area contributed by atoms with Gasteiger partial charge in [-0.15, -0.1) is 11.3 Å². The molecule has 0 spiro atoms. The third-order valence-corrected chi connectivity index (χ3v) is 4.70. The molecule has 5 heteroatoms. The predicted molar refractivity (Wildman–Crippen MR) is 78.1 cm³/mol. The van der Waals surface area contributed by atoms with Gasteiger partial charge in [0.05, 0.1) is 5.69 Å². The largest absolute Gasteiger partial charge is 0.481 e. The molecule has 19 heavy (non-hydrogen) atoms. The summed E-state index contributed by atoms with van der Waals surface area (Å²) < 4.78 is 0. The Labute approximate surface area is 118 Å². The number of carboxylic acid groups (broad SMARTS) is 1. The molecule has 2 heterocycles. The van der Waals surface area contributed by atoms with E-state index < -0.39 is 11.4 Å². The number of rotatable bonds is 3. The maximum absolute atomic E-state index is 11.3. The SMILES string of the molecule is CC(C)(C(=O)O)c1csc(N2CCCCCCC2)n1. The number of aromatic nitrogens is 1. The third kappa shape index (κ3) is 3.26. The van der Waals surface area contributed by atoms with Crippen LogP contribution in [0.2, 0.25) is 0 Å². The molecule has 0 amide bonds. The van der Waals surface area contributed by atoms with Crippen molar-refractivity contribution in [2.45, 2.75) is 51.4 Å². The number of carboxylic acids is 1. The van der Waals surface area contributed by atoms with Gasteiger partial charge < -0.3 is 10.0 Å². The summed E-state index contributed by atoms with van der Waals surface area (Å²) in [5.74, 6) is -0.822. The third-order valence-electron chi connectivity index (χ3n) is 3.79. The Hall–Kier alpha value is -1.10. The Kier molecular flexibility index (Phi) is 4.45. The first-order valence-corrected chi connectivity index (χ1v) is 7.84. The molecule has 4 nitrogen and oxygen atoms in total. The lowest BCUT2D eigenvalue weighted by atomic mass is 9.90. The second kappa shape index (κ2) is 5.90. The van der Waals surface area contributed by atoms with Crippen LogP contribution >= 0.6 is 11.3 Å². The van der Waals surface area contributed by atoms with Crippen molar-refractivity contribution in [1.29, 1.82) is 0 Å². The van der Waals surface area contributed by atoms with Crippen LogP contribution in [-0.4, -0.2) is 29.1 Å². The van der Waals surface area contributed by atoms with Crippen molar-refractivity contribution in [3.05, 3.63) is 11.1 Å². The summed E-state index contributed by atoms with van der Waals surface area (Å²) in [6.45, 7) is 5.50. The summed E-state index contributed by atoms with van der Waals surface area (Å²) in [7, 11) is 0.